The SMILES string of the molecule is CCc1ccc(S(=O)(=O)Nc2cc(C(C)=O)ccc2C)cc1. The minimum atomic E-state index is -3.66. The number of aryl methyl sites for hydroxylation is 2. The first-order valence-corrected chi connectivity index (χ1v) is 8.55. The lowest BCUT2D eigenvalue weighted by Gasteiger charge is -2.12. The van der Waals surface area contributed by atoms with Crippen molar-refractivity contribution in [1.82, 2.24) is 0 Å². The molecule has 0 aliphatic rings. The molecule has 2 aromatic carbocycles. The van der Waals surface area contributed by atoms with Gasteiger partial charge in [-0.05, 0) is 49.6 Å². The largest absolute Gasteiger partial charge is 0.295 e. The second kappa shape index (κ2) is 6.32. The predicted octanol–water partition coefficient (Wildman–Crippen LogP) is 3.56. The zero-order valence-corrected chi connectivity index (χ0v) is 13.7. The molecule has 0 heterocycles. The third-order valence-electron chi connectivity index (χ3n) is 3.53. The van der Waals surface area contributed by atoms with Crippen molar-refractivity contribution < 1.29 is 13.2 Å². The number of hydrogen-bond donors (Lipinski definition) is 1. The van der Waals surface area contributed by atoms with Crippen molar-refractivity contribution in [2.45, 2.75) is 32.1 Å². The molecule has 0 saturated heterocycles. The Morgan fingerprint density at radius 1 is 1.09 bits per heavy atom. The molecule has 0 radical (unpaired) electrons. The molecule has 5 heteroatoms. The van der Waals surface area contributed by atoms with E-state index in [0.717, 1.165) is 17.5 Å². The van der Waals surface area contributed by atoms with Gasteiger partial charge in [0.25, 0.3) is 10.0 Å². The number of Topliss-reactive ketones (excluding diaryl/α,β-unsaturated/α-hetero) is 1. The van der Waals surface area contributed by atoms with E-state index in [2.05, 4.69) is 4.72 Å². The van der Waals surface area contributed by atoms with E-state index < -0.39 is 10.0 Å². The Morgan fingerprint density at radius 3 is 2.27 bits per heavy atom. The van der Waals surface area contributed by atoms with Crippen molar-refractivity contribution in [3.63, 3.8) is 0 Å². The van der Waals surface area contributed by atoms with Crippen molar-refractivity contribution in [2.75, 3.05) is 4.72 Å². The topological polar surface area (TPSA) is 63.2 Å². The van der Waals surface area contributed by atoms with Crippen molar-refractivity contribution >= 4 is 21.5 Å². The summed E-state index contributed by atoms with van der Waals surface area (Å²) in [7, 11) is -3.66. The van der Waals surface area contributed by atoms with Gasteiger partial charge in [-0.3, -0.25) is 9.52 Å². The lowest BCUT2D eigenvalue weighted by molar-refractivity contribution is 0.101. The standard InChI is InChI=1S/C17H19NO3S/c1-4-14-6-9-16(10-7-14)22(20,21)18-17-11-15(13(3)19)8-5-12(17)2/h5-11,18H,4H2,1-3H3. The minimum absolute atomic E-state index is 0.104. The number of ketones is 1. The Bertz CT molecular complexity index is 793. The minimum Gasteiger partial charge on any atom is -0.295 e. The van der Waals surface area contributed by atoms with Gasteiger partial charge in [0, 0.05) is 5.56 Å². The van der Waals surface area contributed by atoms with E-state index >= 15 is 0 Å². The fraction of sp³-hybridized carbons (Fsp3) is 0.235. The molecule has 2 rings (SSSR count). The average molecular weight is 317 g/mol. The summed E-state index contributed by atoms with van der Waals surface area (Å²) in [5.41, 5.74) is 2.74. The van der Waals surface area contributed by atoms with Crippen LogP contribution in [0.1, 0.15) is 35.3 Å². The van der Waals surface area contributed by atoms with Crippen molar-refractivity contribution in [3.05, 3.63) is 59.2 Å². The highest BCUT2D eigenvalue weighted by molar-refractivity contribution is 7.92. The van der Waals surface area contributed by atoms with Crippen LogP contribution in [0, 0.1) is 6.92 Å². The quantitative estimate of drug-likeness (QED) is 0.858. The van der Waals surface area contributed by atoms with Crippen LogP contribution in [0.5, 0.6) is 0 Å². The summed E-state index contributed by atoms with van der Waals surface area (Å²) in [6.45, 7) is 5.26. The molecule has 0 aromatic heterocycles. The van der Waals surface area contributed by atoms with Crippen LogP contribution in [0.15, 0.2) is 47.4 Å². The molecule has 0 aliphatic carbocycles. The summed E-state index contributed by atoms with van der Waals surface area (Å²) < 4.78 is 27.4. The highest BCUT2D eigenvalue weighted by Gasteiger charge is 2.16. The summed E-state index contributed by atoms with van der Waals surface area (Å²) in [6.07, 6.45) is 0.855. The number of carbonyl (C=O) groups is 1. The molecule has 0 spiro atoms. The fourth-order valence-electron chi connectivity index (χ4n) is 2.06. The van der Waals surface area contributed by atoms with Gasteiger partial charge in [-0.2, -0.15) is 0 Å². The Balaban J connectivity index is 2.35. The molecule has 2 aromatic rings. The summed E-state index contributed by atoms with van der Waals surface area (Å²) in [6, 6.07) is 11.8. The van der Waals surface area contributed by atoms with Gasteiger partial charge in [0.15, 0.2) is 5.78 Å². The van der Waals surface area contributed by atoms with Crippen LogP contribution in [0.25, 0.3) is 0 Å². The van der Waals surface area contributed by atoms with Gasteiger partial charge in [0.1, 0.15) is 0 Å². The zero-order valence-electron chi connectivity index (χ0n) is 12.9. The maximum atomic E-state index is 12.4. The van der Waals surface area contributed by atoms with Gasteiger partial charge in [0.05, 0.1) is 10.6 Å². The molecule has 0 bridgehead atoms. The van der Waals surface area contributed by atoms with Crippen LogP contribution >= 0.6 is 0 Å². The smallest absolute Gasteiger partial charge is 0.261 e. The monoisotopic (exact) mass is 317 g/mol. The number of hydrogen-bond acceptors (Lipinski definition) is 3. The van der Waals surface area contributed by atoms with Crippen molar-refractivity contribution in [1.29, 1.82) is 0 Å². The number of nitrogens with one attached hydrogen (secondary N) is 1. The first-order valence-electron chi connectivity index (χ1n) is 7.07. The Labute approximate surface area is 131 Å². The van der Waals surface area contributed by atoms with Crippen LogP contribution in [0.2, 0.25) is 0 Å². The Morgan fingerprint density at radius 2 is 1.73 bits per heavy atom. The molecule has 0 unspecified atom stereocenters. The first kappa shape index (κ1) is 16.2. The van der Waals surface area contributed by atoms with E-state index in [1.165, 1.54) is 6.92 Å². The van der Waals surface area contributed by atoms with Crippen LogP contribution in [0.4, 0.5) is 5.69 Å². The van der Waals surface area contributed by atoms with E-state index in [1.807, 2.05) is 6.92 Å². The van der Waals surface area contributed by atoms with E-state index in [0.29, 0.717) is 11.3 Å². The van der Waals surface area contributed by atoms with Crippen LogP contribution in [0.3, 0.4) is 0 Å². The van der Waals surface area contributed by atoms with Gasteiger partial charge in [-0.25, -0.2) is 8.42 Å². The number of carbonyl (C=O) groups excluding carboxylic acids is 1. The van der Waals surface area contributed by atoms with Crippen molar-refractivity contribution in [3.8, 4) is 0 Å². The highest BCUT2D eigenvalue weighted by atomic mass is 32.2. The number of sulfonamides is 1. The predicted molar refractivity (Wildman–Crippen MR) is 87.8 cm³/mol. The summed E-state index contributed by atoms with van der Waals surface area (Å²) in [5, 5.41) is 0. The van der Waals surface area contributed by atoms with Crippen molar-refractivity contribution in [2.24, 2.45) is 0 Å². The van der Waals surface area contributed by atoms with Gasteiger partial charge in [0.2, 0.25) is 0 Å². The molecule has 1 N–H and O–H groups in total. The zero-order chi connectivity index (χ0) is 16.3. The molecule has 0 saturated carbocycles. The second-order valence-electron chi connectivity index (χ2n) is 5.19. The molecule has 0 aliphatic heterocycles. The van der Waals surface area contributed by atoms with E-state index in [4.69, 9.17) is 0 Å². The van der Waals surface area contributed by atoms with Crippen LogP contribution in [-0.2, 0) is 16.4 Å². The summed E-state index contributed by atoms with van der Waals surface area (Å²) >= 11 is 0. The maximum Gasteiger partial charge on any atom is 0.261 e. The molecule has 0 fully saturated rings. The molecule has 4 nitrogen and oxygen atoms in total. The lowest BCUT2D eigenvalue weighted by atomic mass is 10.1. The van der Waals surface area contributed by atoms with Gasteiger partial charge >= 0.3 is 0 Å². The van der Waals surface area contributed by atoms with E-state index in [-0.39, 0.29) is 10.7 Å². The number of rotatable bonds is 5. The molecule has 116 valence electrons. The molecule has 0 atom stereocenters. The van der Waals surface area contributed by atoms with Crippen LogP contribution in [-0.4, -0.2) is 14.2 Å². The van der Waals surface area contributed by atoms with Gasteiger partial charge in [-0.15, -0.1) is 0 Å². The average Bonchev–Trinajstić information content (AvgIpc) is 2.49. The maximum absolute atomic E-state index is 12.4. The molecule has 22 heavy (non-hydrogen) atoms. The normalized spacial score (nSPS) is 11.2. The van der Waals surface area contributed by atoms with Gasteiger partial charge in [-0.1, -0.05) is 31.2 Å². The molecular formula is C17H19NO3S. The third-order valence-corrected chi connectivity index (χ3v) is 4.91. The lowest BCUT2D eigenvalue weighted by Crippen LogP contribution is -2.14. The summed E-state index contributed by atoms with van der Waals surface area (Å²) in [4.78, 5) is 11.6. The summed E-state index contributed by atoms with van der Waals surface area (Å²) in [5.74, 6) is -0.104. The van der Waals surface area contributed by atoms with Gasteiger partial charge < -0.3 is 0 Å². The Kier molecular flexibility index (Phi) is 4.66. The Hall–Kier alpha value is -2.14. The van der Waals surface area contributed by atoms with Crippen LogP contribution < -0.4 is 4.72 Å². The highest BCUT2D eigenvalue weighted by Crippen LogP contribution is 2.22. The second-order valence-corrected chi connectivity index (χ2v) is 6.87. The molecule has 0 amide bonds. The van der Waals surface area contributed by atoms with E-state index in [1.54, 1.807) is 49.4 Å². The number of anilines is 1. The first-order chi connectivity index (χ1) is 10.3. The fourth-order valence-corrected chi connectivity index (χ4v) is 3.18. The third kappa shape index (κ3) is 3.54. The van der Waals surface area contributed by atoms with E-state index in [9.17, 15) is 13.2 Å². The number of benzene rings is 2. The molecular weight excluding hydrogens is 298 g/mol.